The number of carbonyl (C=O) groups excluding carboxylic acids is 2. The number of rotatable bonds is 16. The highest BCUT2D eigenvalue weighted by Crippen LogP contribution is 2.44. The van der Waals surface area contributed by atoms with Crippen LogP contribution in [0.5, 0.6) is 0 Å². The van der Waals surface area contributed by atoms with Gasteiger partial charge in [-0.3, -0.25) is 4.79 Å². The first-order chi connectivity index (χ1) is 26.0. The van der Waals surface area contributed by atoms with Gasteiger partial charge >= 0.3 is 12.1 Å². The van der Waals surface area contributed by atoms with Gasteiger partial charge in [-0.25, -0.2) is 22.7 Å². The summed E-state index contributed by atoms with van der Waals surface area (Å²) >= 11 is 0. The van der Waals surface area contributed by atoms with E-state index in [4.69, 9.17) is 4.74 Å². The number of amides is 2. The minimum Gasteiger partial charge on any atom is -0.480 e. The van der Waals surface area contributed by atoms with Crippen LogP contribution in [0.15, 0.2) is 114 Å². The number of nitrogens with one attached hydrogen (secondary N) is 3. The Balaban J connectivity index is 0.919. The van der Waals surface area contributed by atoms with Gasteiger partial charge in [-0.1, -0.05) is 91.3 Å². The third-order valence-electron chi connectivity index (χ3n) is 9.61. The highest BCUT2D eigenvalue weighted by molar-refractivity contribution is 7.89. The van der Waals surface area contributed by atoms with Crippen molar-refractivity contribution in [2.24, 2.45) is 0 Å². The smallest absolute Gasteiger partial charge is 0.407 e. The summed E-state index contributed by atoms with van der Waals surface area (Å²) < 4.78 is 34.5. The fraction of sp³-hybridized carbons (Fsp3) is 0.262. The Hall–Kier alpha value is -5.72. The number of fused-ring (bicyclic) bond motifs is 4. The van der Waals surface area contributed by atoms with E-state index in [2.05, 4.69) is 15.4 Å². The molecule has 0 bridgehead atoms. The number of alkyl carbamates (subject to hydrolysis) is 1. The highest BCUT2D eigenvalue weighted by Gasteiger charge is 2.30. The molecule has 0 fully saturated rings. The van der Waals surface area contributed by atoms with Gasteiger partial charge in [0, 0.05) is 61.5 Å². The van der Waals surface area contributed by atoms with Gasteiger partial charge in [-0.2, -0.15) is 0 Å². The standard InChI is InChI=1S/C42H44N4O7S/c1-46(2)38-18-10-17-35-34(38)16-11-19-39(35)54(51,52)43-25-9-3-4-20-40(47)44-29-23-21-28(22-24-29)26-37(41(48)49)45-42(50)53-27-36-32-14-7-5-12-30(32)31-13-6-8-15-33(31)36/h5-8,10-19,21-24,36-37,43H,3-4,9,20,25-27H2,1-2H3,(H,44,47)(H,45,50)(H,48,49)/t37-/m0/s1. The van der Waals surface area contributed by atoms with E-state index in [-0.39, 0.29) is 42.7 Å². The van der Waals surface area contributed by atoms with Crippen LogP contribution in [0.25, 0.3) is 21.9 Å². The summed E-state index contributed by atoms with van der Waals surface area (Å²) in [6, 6.07) is 32.4. The van der Waals surface area contributed by atoms with E-state index in [0.29, 0.717) is 35.9 Å². The molecule has 54 heavy (non-hydrogen) atoms. The molecule has 12 heteroatoms. The van der Waals surface area contributed by atoms with Crippen LogP contribution in [-0.4, -0.2) is 64.8 Å². The number of carboxylic acid groups (broad SMARTS) is 1. The normalized spacial score (nSPS) is 12.8. The van der Waals surface area contributed by atoms with Gasteiger partial charge in [0.25, 0.3) is 0 Å². The zero-order valence-electron chi connectivity index (χ0n) is 30.2. The predicted molar refractivity (Wildman–Crippen MR) is 210 cm³/mol. The molecule has 0 saturated carbocycles. The summed E-state index contributed by atoms with van der Waals surface area (Å²) in [5.74, 6) is -1.52. The highest BCUT2D eigenvalue weighted by atomic mass is 32.2. The molecule has 1 aliphatic rings. The first-order valence-electron chi connectivity index (χ1n) is 17.9. The lowest BCUT2D eigenvalue weighted by atomic mass is 9.98. The largest absolute Gasteiger partial charge is 0.480 e. The summed E-state index contributed by atoms with van der Waals surface area (Å²) in [5.41, 5.74) is 6.47. The minimum atomic E-state index is -3.73. The predicted octanol–water partition coefficient (Wildman–Crippen LogP) is 6.92. The van der Waals surface area contributed by atoms with E-state index in [1.807, 2.05) is 91.8 Å². The van der Waals surface area contributed by atoms with E-state index < -0.39 is 28.1 Å². The van der Waals surface area contributed by atoms with Gasteiger partial charge in [0.1, 0.15) is 12.6 Å². The van der Waals surface area contributed by atoms with Gasteiger partial charge in [0.15, 0.2) is 0 Å². The molecule has 6 rings (SSSR count). The molecule has 0 aliphatic heterocycles. The lowest BCUT2D eigenvalue weighted by Gasteiger charge is -2.17. The summed E-state index contributed by atoms with van der Waals surface area (Å²) in [6.07, 6.45) is 1.28. The van der Waals surface area contributed by atoms with Crippen molar-refractivity contribution >= 4 is 50.1 Å². The lowest BCUT2D eigenvalue weighted by Crippen LogP contribution is -2.42. The van der Waals surface area contributed by atoms with Crippen LogP contribution in [-0.2, 0) is 30.8 Å². The van der Waals surface area contributed by atoms with Crippen LogP contribution < -0.4 is 20.3 Å². The van der Waals surface area contributed by atoms with E-state index in [1.54, 1.807) is 36.4 Å². The third-order valence-corrected chi connectivity index (χ3v) is 11.1. The molecule has 2 amide bonds. The zero-order valence-corrected chi connectivity index (χ0v) is 31.1. The summed E-state index contributed by atoms with van der Waals surface area (Å²) in [4.78, 5) is 39.6. The maximum absolute atomic E-state index is 13.1. The molecule has 5 aromatic carbocycles. The Morgan fingerprint density at radius 3 is 2.09 bits per heavy atom. The molecule has 0 saturated heterocycles. The second-order valence-corrected chi connectivity index (χ2v) is 15.3. The molecular weight excluding hydrogens is 705 g/mol. The third kappa shape index (κ3) is 8.90. The first-order valence-corrected chi connectivity index (χ1v) is 19.4. The van der Waals surface area contributed by atoms with Crippen molar-refractivity contribution in [2.45, 2.75) is 49.0 Å². The summed E-state index contributed by atoms with van der Waals surface area (Å²) in [5, 5.41) is 16.7. The fourth-order valence-electron chi connectivity index (χ4n) is 6.93. The number of benzene rings is 5. The van der Waals surface area contributed by atoms with Crippen LogP contribution in [0.1, 0.15) is 48.3 Å². The van der Waals surface area contributed by atoms with Crippen LogP contribution in [0, 0.1) is 0 Å². The number of aliphatic carboxylic acids is 1. The van der Waals surface area contributed by atoms with E-state index in [9.17, 15) is 27.9 Å². The SMILES string of the molecule is CN(C)c1cccc2c(S(=O)(=O)NCCCCCC(=O)Nc3ccc(C[C@H](NC(=O)OCC4c5ccccc5-c5ccccc54)C(=O)O)cc3)cccc12. The average Bonchev–Trinajstić information content (AvgIpc) is 3.48. The van der Waals surface area contributed by atoms with Gasteiger partial charge in [-0.15, -0.1) is 0 Å². The number of anilines is 2. The van der Waals surface area contributed by atoms with Crippen LogP contribution in [0.3, 0.4) is 0 Å². The molecule has 0 spiro atoms. The van der Waals surface area contributed by atoms with Crippen molar-refractivity contribution in [3.05, 3.63) is 126 Å². The average molecular weight is 749 g/mol. The molecule has 280 valence electrons. The number of hydrogen-bond acceptors (Lipinski definition) is 7. The molecule has 0 unspecified atom stereocenters. The second-order valence-electron chi connectivity index (χ2n) is 13.5. The number of ether oxygens (including phenoxy) is 1. The zero-order chi connectivity index (χ0) is 38.2. The molecule has 11 nitrogen and oxygen atoms in total. The number of unbranched alkanes of at least 4 members (excludes halogenated alkanes) is 2. The minimum absolute atomic E-state index is 0.0229. The number of sulfonamides is 1. The van der Waals surface area contributed by atoms with Crippen molar-refractivity contribution in [2.75, 3.05) is 37.5 Å². The van der Waals surface area contributed by atoms with Gasteiger partial charge in [0.2, 0.25) is 15.9 Å². The van der Waals surface area contributed by atoms with Gasteiger partial charge in [0.05, 0.1) is 4.90 Å². The maximum atomic E-state index is 13.1. The van der Waals surface area contributed by atoms with E-state index in [0.717, 1.165) is 33.3 Å². The lowest BCUT2D eigenvalue weighted by molar-refractivity contribution is -0.139. The molecule has 1 aliphatic carbocycles. The fourth-order valence-corrected chi connectivity index (χ4v) is 8.22. The monoisotopic (exact) mass is 748 g/mol. The van der Waals surface area contributed by atoms with Crippen LogP contribution in [0.4, 0.5) is 16.2 Å². The molecule has 0 radical (unpaired) electrons. The molecular formula is C42H44N4O7S. The van der Waals surface area contributed by atoms with Crippen LogP contribution in [0.2, 0.25) is 0 Å². The number of hydrogen-bond donors (Lipinski definition) is 4. The van der Waals surface area contributed by atoms with Crippen molar-refractivity contribution in [1.82, 2.24) is 10.0 Å². The Morgan fingerprint density at radius 2 is 1.43 bits per heavy atom. The second kappa shape index (κ2) is 17.0. The Kier molecular flexibility index (Phi) is 11.9. The summed E-state index contributed by atoms with van der Waals surface area (Å²) in [7, 11) is 0.109. The van der Waals surface area contributed by atoms with Crippen molar-refractivity contribution < 1.29 is 32.6 Å². The Morgan fingerprint density at radius 1 is 0.778 bits per heavy atom. The maximum Gasteiger partial charge on any atom is 0.407 e. The molecule has 4 N–H and O–H groups in total. The van der Waals surface area contributed by atoms with Crippen molar-refractivity contribution in [1.29, 1.82) is 0 Å². The topological polar surface area (TPSA) is 154 Å². The van der Waals surface area contributed by atoms with Gasteiger partial charge in [-0.05, 0) is 64.9 Å². The summed E-state index contributed by atoms with van der Waals surface area (Å²) in [6.45, 7) is 0.325. The number of nitrogens with zero attached hydrogens (tertiary/aromatic N) is 1. The van der Waals surface area contributed by atoms with Crippen molar-refractivity contribution in [3.8, 4) is 11.1 Å². The first kappa shape index (κ1) is 38.0. The molecule has 0 heterocycles. The molecule has 5 aromatic rings. The van der Waals surface area contributed by atoms with Crippen LogP contribution >= 0.6 is 0 Å². The van der Waals surface area contributed by atoms with Gasteiger partial charge < -0.3 is 25.4 Å². The Bertz CT molecular complexity index is 2210. The number of carbonyl (C=O) groups is 3. The van der Waals surface area contributed by atoms with E-state index >= 15 is 0 Å². The number of carboxylic acids is 1. The quantitative estimate of drug-likeness (QED) is 0.0794. The Labute approximate surface area is 315 Å². The van der Waals surface area contributed by atoms with E-state index in [1.165, 1.54) is 0 Å². The molecule has 0 aromatic heterocycles. The molecule has 1 atom stereocenters. The van der Waals surface area contributed by atoms with Crippen molar-refractivity contribution in [3.63, 3.8) is 0 Å².